The molecule has 0 radical (unpaired) electrons. The number of nitrogens with zero attached hydrogens (tertiary/aromatic N) is 1. The minimum Gasteiger partial charge on any atom is -0.394 e. The highest BCUT2D eigenvalue weighted by molar-refractivity contribution is 8.14. The van der Waals surface area contributed by atoms with Gasteiger partial charge in [-0.25, -0.2) is 0 Å². The van der Waals surface area contributed by atoms with Crippen LogP contribution in [0.15, 0.2) is 17.1 Å². The molecule has 1 aliphatic heterocycles. The van der Waals surface area contributed by atoms with Gasteiger partial charge in [-0.2, -0.15) is 8.42 Å². The SMILES string of the molecule is C=C[C@@H](O)CC(=NS(=O)(=O)O)S[C@@H]1O[C@H](CO)[C@@H](O)[C@H](O)[C@H]1O. The molecule has 1 saturated heterocycles. The molecule has 0 bridgehead atoms. The molecule has 1 heterocycles. The molecule has 0 spiro atoms. The molecule has 0 aromatic heterocycles. The van der Waals surface area contributed by atoms with Gasteiger partial charge in [-0.05, 0) is 0 Å². The lowest BCUT2D eigenvalue weighted by molar-refractivity contribution is -0.205. The number of hydrogen-bond acceptors (Lipinski definition) is 9. The van der Waals surface area contributed by atoms with Crippen LogP contribution < -0.4 is 0 Å². The van der Waals surface area contributed by atoms with Gasteiger partial charge in [0.2, 0.25) is 0 Å². The summed E-state index contributed by atoms with van der Waals surface area (Å²) < 4.78 is 38.8. The summed E-state index contributed by atoms with van der Waals surface area (Å²) in [6, 6.07) is 0. The normalized spacial score (nSPS) is 34.2. The molecule has 134 valence electrons. The van der Waals surface area contributed by atoms with Crippen LogP contribution in [0.1, 0.15) is 6.42 Å². The van der Waals surface area contributed by atoms with Gasteiger partial charge in [-0.3, -0.25) is 4.55 Å². The maximum absolute atomic E-state index is 10.9. The van der Waals surface area contributed by atoms with Crippen molar-refractivity contribution in [3.8, 4) is 0 Å². The molecule has 0 unspecified atom stereocenters. The first-order valence-corrected chi connectivity index (χ1v) is 8.70. The Hall–Kier alpha value is -0.570. The first-order valence-electron chi connectivity index (χ1n) is 6.43. The first-order chi connectivity index (χ1) is 10.6. The van der Waals surface area contributed by atoms with Crippen molar-refractivity contribution >= 4 is 27.1 Å². The Morgan fingerprint density at radius 3 is 2.39 bits per heavy atom. The summed E-state index contributed by atoms with van der Waals surface area (Å²) in [5.41, 5.74) is -1.29. The second-order valence-corrected chi connectivity index (χ2v) is 7.00. The van der Waals surface area contributed by atoms with Crippen LogP contribution in [0.3, 0.4) is 0 Å². The number of rotatable bonds is 6. The fourth-order valence-electron chi connectivity index (χ4n) is 1.80. The molecule has 0 saturated carbocycles. The maximum Gasteiger partial charge on any atom is 0.379 e. The third kappa shape index (κ3) is 6.10. The van der Waals surface area contributed by atoms with Crippen LogP contribution in [0.25, 0.3) is 0 Å². The topological polar surface area (TPSA) is 177 Å². The monoisotopic (exact) mass is 373 g/mol. The van der Waals surface area contributed by atoms with Gasteiger partial charge < -0.3 is 30.3 Å². The van der Waals surface area contributed by atoms with Crippen molar-refractivity contribution < 1.29 is 43.2 Å². The van der Waals surface area contributed by atoms with Crippen molar-refractivity contribution in [3.05, 3.63) is 12.7 Å². The molecule has 1 rings (SSSR count). The molecule has 0 aliphatic carbocycles. The lowest BCUT2D eigenvalue weighted by Crippen LogP contribution is -2.57. The summed E-state index contributed by atoms with van der Waals surface area (Å²) in [7, 11) is -4.77. The fourth-order valence-corrected chi connectivity index (χ4v) is 3.62. The van der Waals surface area contributed by atoms with E-state index >= 15 is 0 Å². The Kier molecular flexibility index (Phi) is 7.57. The van der Waals surface area contributed by atoms with E-state index in [1.54, 1.807) is 0 Å². The van der Waals surface area contributed by atoms with E-state index in [-0.39, 0.29) is 11.5 Å². The van der Waals surface area contributed by atoms with Crippen LogP contribution in [0, 0.1) is 0 Å². The zero-order valence-electron chi connectivity index (χ0n) is 11.8. The zero-order chi connectivity index (χ0) is 17.8. The Morgan fingerprint density at radius 2 is 1.91 bits per heavy atom. The quantitative estimate of drug-likeness (QED) is 0.128. The summed E-state index contributed by atoms with van der Waals surface area (Å²) in [4.78, 5) is 0. The van der Waals surface area contributed by atoms with Gasteiger partial charge in [-0.15, -0.1) is 11.0 Å². The van der Waals surface area contributed by atoms with E-state index in [2.05, 4.69) is 11.0 Å². The molecule has 1 aliphatic rings. The summed E-state index contributed by atoms with van der Waals surface area (Å²) >= 11 is 0.518. The number of ether oxygens (including phenoxy) is 1. The van der Waals surface area contributed by atoms with Gasteiger partial charge in [0, 0.05) is 6.42 Å². The largest absolute Gasteiger partial charge is 0.394 e. The van der Waals surface area contributed by atoms with Gasteiger partial charge in [0.25, 0.3) is 0 Å². The van der Waals surface area contributed by atoms with E-state index in [0.29, 0.717) is 11.8 Å². The molecular weight excluding hydrogens is 354 g/mol. The summed E-state index contributed by atoms with van der Waals surface area (Å²) in [5.74, 6) is 0. The van der Waals surface area contributed by atoms with Crippen LogP contribution in [-0.4, -0.2) is 86.1 Å². The summed E-state index contributed by atoms with van der Waals surface area (Å²) in [6.07, 6.45) is -6.42. The molecule has 10 nitrogen and oxygen atoms in total. The highest BCUT2D eigenvalue weighted by Gasteiger charge is 2.44. The van der Waals surface area contributed by atoms with Crippen molar-refractivity contribution in [2.45, 2.75) is 42.4 Å². The number of hydrogen-bond donors (Lipinski definition) is 6. The number of thioether (sulfide) groups is 1. The predicted molar refractivity (Wildman–Crippen MR) is 81.2 cm³/mol. The van der Waals surface area contributed by atoms with Crippen LogP contribution >= 0.6 is 11.8 Å². The molecule has 0 amide bonds. The Labute approximate surface area is 137 Å². The highest BCUT2D eigenvalue weighted by atomic mass is 32.2. The van der Waals surface area contributed by atoms with E-state index in [1.165, 1.54) is 0 Å². The van der Waals surface area contributed by atoms with Gasteiger partial charge in [-0.1, -0.05) is 17.8 Å². The third-order valence-electron chi connectivity index (χ3n) is 2.97. The molecule has 12 heteroatoms. The average Bonchev–Trinajstić information content (AvgIpc) is 2.45. The Balaban J connectivity index is 2.97. The number of aliphatic hydroxyl groups is 5. The molecule has 6 N–H and O–H groups in total. The van der Waals surface area contributed by atoms with Crippen molar-refractivity contribution in [1.29, 1.82) is 0 Å². The highest BCUT2D eigenvalue weighted by Crippen LogP contribution is 2.30. The van der Waals surface area contributed by atoms with Crippen LogP contribution in [0.5, 0.6) is 0 Å². The van der Waals surface area contributed by atoms with Crippen molar-refractivity contribution in [3.63, 3.8) is 0 Å². The van der Waals surface area contributed by atoms with Gasteiger partial charge in [0.15, 0.2) is 0 Å². The summed E-state index contributed by atoms with van der Waals surface area (Å²) in [6.45, 7) is 2.66. The van der Waals surface area contributed by atoms with E-state index in [4.69, 9.17) is 14.4 Å². The van der Waals surface area contributed by atoms with Crippen LogP contribution in [-0.2, 0) is 15.0 Å². The minimum atomic E-state index is -4.77. The van der Waals surface area contributed by atoms with Crippen LogP contribution in [0.2, 0.25) is 0 Å². The van der Waals surface area contributed by atoms with Crippen LogP contribution in [0.4, 0.5) is 0 Å². The van der Waals surface area contributed by atoms with E-state index in [0.717, 1.165) is 6.08 Å². The third-order valence-corrected chi connectivity index (χ3v) is 4.69. The smallest absolute Gasteiger partial charge is 0.379 e. The zero-order valence-corrected chi connectivity index (χ0v) is 13.5. The molecular formula is C11H19NO9S2. The predicted octanol–water partition coefficient (Wildman–Crippen LogP) is -2.34. The molecule has 0 aromatic rings. The van der Waals surface area contributed by atoms with Gasteiger partial charge >= 0.3 is 10.3 Å². The van der Waals surface area contributed by atoms with Gasteiger partial charge in [0.05, 0.1) is 17.8 Å². The van der Waals surface area contributed by atoms with Crippen molar-refractivity contribution in [2.24, 2.45) is 4.40 Å². The second kappa shape index (κ2) is 8.50. The van der Waals surface area contributed by atoms with E-state index < -0.39 is 52.9 Å². The summed E-state index contributed by atoms with van der Waals surface area (Å²) in [5, 5.41) is 47.4. The van der Waals surface area contributed by atoms with E-state index in [1.807, 2.05) is 0 Å². The van der Waals surface area contributed by atoms with E-state index in [9.17, 15) is 28.8 Å². The lowest BCUT2D eigenvalue weighted by atomic mass is 10.0. The maximum atomic E-state index is 10.9. The molecule has 1 fully saturated rings. The Morgan fingerprint density at radius 1 is 1.30 bits per heavy atom. The molecule has 6 atom stereocenters. The Bertz CT molecular complexity index is 536. The molecule has 23 heavy (non-hydrogen) atoms. The lowest BCUT2D eigenvalue weighted by Gasteiger charge is -2.39. The fraction of sp³-hybridized carbons (Fsp3) is 0.727. The first kappa shape index (κ1) is 20.5. The number of aliphatic hydroxyl groups excluding tert-OH is 5. The second-order valence-electron chi connectivity index (χ2n) is 4.76. The average molecular weight is 373 g/mol. The molecule has 0 aromatic carbocycles. The van der Waals surface area contributed by atoms with Crippen molar-refractivity contribution in [2.75, 3.05) is 6.61 Å². The van der Waals surface area contributed by atoms with Gasteiger partial charge in [0.1, 0.15) is 29.9 Å². The standard InChI is InChI=1S/C11H19NO9S2/c1-2-5(14)3-7(12-23(18,19)20)22-11-10(17)9(16)8(15)6(4-13)21-11/h2,5-6,8-11,13-17H,1,3-4H2,(H,18,19,20)/t5-,6-,8-,9+,10-,11+/m1/s1. The van der Waals surface area contributed by atoms with Crippen molar-refractivity contribution in [1.82, 2.24) is 0 Å². The minimum absolute atomic E-state index is 0.316.